The predicted octanol–water partition coefficient (Wildman–Crippen LogP) is 2.05. The molecule has 0 saturated carbocycles. The van der Waals surface area contributed by atoms with Gasteiger partial charge in [-0.05, 0) is 49.9 Å². The van der Waals surface area contributed by atoms with Crippen LogP contribution in [0.1, 0.15) is 32.8 Å². The largest absolute Gasteiger partial charge is 0.494 e. The molecule has 1 atom stereocenters. The summed E-state index contributed by atoms with van der Waals surface area (Å²) in [5.41, 5.74) is 6.70. The zero-order chi connectivity index (χ0) is 16.0. The summed E-state index contributed by atoms with van der Waals surface area (Å²) in [4.78, 5) is 0.236. The molecule has 6 heteroatoms. The topological polar surface area (TPSA) is 81.4 Å². The summed E-state index contributed by atoms with van der Waals surface area (Å²) < 4.78 is 32.4. The van der Waals surface area contributed by atoms with Crippen LogP contribution < -0.4 is 15.2 Å². The molecule has 1 aromatic rings. The minimum Gasteiger partial charge on any atom is -0.494 e. The smallest absolute Gasteiger partial charge is 0.240 e. The van der Waals surface area contributed by atoms with Crippen molar-refractivity contribution in [3.05, 3.63) is 23.8 Å². The first-order valence-corrected chi connectivity index (χ1v) is 8.73. The summed E-state index contributed by atoms with van der Waals surface area (Å²) in [6.45, 7) is 8.63. The third-order valence-corrected chi connectivity index (χ3v) is 4.49. The molecule has 0 spiro atoms. The monoisotopic (exact) mass is 314 g/mol. The van der Waals surface area contributed by atoms with E-state index in [0.29, 0.717) is 18.3 Å². The first-order valence-electron chi connectivity index (χ1n) is 7.25. The number of sulfonamides is 1. The normalized spacial score (nSPS) is 13.4. The van der Waals surface area contributed by atoms with Gasteiger partial charge in [-0.1, -0.05) is 13.8 Å². The van der Waals surface area contributed by atoms with Crippen molar-refractivity contribution in [3.63, 3.8) is 0 Å². The number of rotatable bonds is 8. The molecule has 21 heavy (non-hydrogen) atoms. The fraction of sp³-hybridized carbons (Fsp3) is 0.600. The number of hydrogen-bond acceptors (Lipinski definition) is 4. The Morgan fingerprint density at radius 3 is 2.52 bits per heavy atom. The maximum absolute atomic E-state index is 12.2. The molecule has 0 heterocycles. The summed E-state index contributed by atoms with van der Waals surface area (Å²) in [5.74, 6) is 1.14. The van der Waals surface area contributed by atoms with Gasteiger partial charge < -0.3 is 10.5 Å². The minimum atomic E-state index is -3.53. The summed E-state index contributed by atoms with van der Waals surface area (Å²) in [6, 6.07) is 4.67. The fourth-order valence-electron chi connectivity index (χ4n) is 2.10. The quantitative estimate of drug-likeness (QED) is 0.769. The molecule has 0 bridgehead atoms. The number of aryl methyl sites for hydroxylation is 1. The molecule has 0 fully saturated rings. The maximum atomic E-state index is 12.2. The predicted molar refractivity (Wildman–Crippen MR) is 85.0 cm³/mol. The fourth-order valence-corrected chi connectivity index (χ4v) is 3.27. The van der Waals surface area contributed by atoms with E-state index in [1.165, 1.54) is 0 Å². The van der Waals surface area contributed by atoms with Crippen LogP contribution in [0, 0.1) is 12.8 Å². The highest BCUT2D eigenvalue weighted by atomic mass is 32.2. The van der Waals surface area contributed by atoms with Gasteiger partial charge in [-0.2, -0.15) is 0 Å². The molecule has 0 saturated heterocycles. The van der Waals surface area contributed by atoms with Crippen LogP contribution in [0.3, 0.4) is 0 Å². The van der Waals surface area contributed by atoms with Crippen molar-refractivity contribution in [1.82, 2.24) is 4.72 Å². The van der Waals surface area contributed by atoms with Gasteiger partial charge >= 0.3 is 0 Å². The van der Waals surface area contributed by atoms with Gasteiger partial charge in [-0.3, -0.25) is 0 Å². The van der Waals surface area contributed by atoms with Crippen LogP contribution in [0.25, 0.3) is 0 Å². The highest BCUT2D eigenvalue weighted by molar-refractivity contribution is 7.89. The summed E-state index contributed by atoms with van der Waals surface area (Å²) in [5, 5.41) is 0. The lowest BCUT2D eigenvalue weighted by Crippen LogP contribution is -2.38. The molecular formula is C15H26N2O3S. The van der Waals surface area contributed by atoms with Crippen LogP contribution in [-0.4, -0.2) is 27.6 Å². The molecular weight excluding hydrogens is 288 g/mol. The number of hydrogen-bond donors (Lipinski definition) is 2. The molecule has 1 aromatic carbocycles. The molecule has 3 N–H and O–H groups in total. The third-order valence-electron chi connectivity index (χ3n) is 3.07. The van der Waals surface area contributed by atoms with Crippen molar-refractivity contribution in [2.45, 2.75) is 45.1 Å². The summed E-state index contributed by atoms with van der Waals surface area (Å²) in [6.07, 6.45) is 0.783. The summed E-state index contributed by atoms with van der Waals surface area (Å²) in [7, 11) is -3.53. The number of ether oxygens (including phenoxy) is 1. The van der Waals surface area contributed by atoms with E-state index in [1.807, 2.05) is 13.8 Å². The van der Waals surface area contributed by atoms with Crippen LogP contribution in [-0.2, 0) is 10.0 Å². The molecule has 120 valence electrons. The van der Waals surface area contributed by atoms with Gasteiger partial charge in [0.05, 0.1) is 11.5 Å². The van der Waals surface area contributed by atoms with Gasteiger partial charge in [0.15, 0.2) is 0 Å². The Hall–Kier alpha value is -1.11. The molecule has 1 unspecified atom stereocenters. The van der Waals surface area contributed by atoms with Crippen molar-refractivity contribution < 1.29 is 13.2 Å². The first-order chi connectivity index (χ1) is 9.76. The Balaban J connectivity index is 2.76. The van der Waals surface area contributed by atoms with Crippen molar-refractivity contribution in [2.75, 3.05) is 13.2 Å². The second-order valence-electron chi connectivity index (χ2n) is 5.60. The van der Waals surface area contributed by atoms with Crippen LogP contribution in [0.4, 0.5) is 0 Å². The Kier molecular flexibility index (Phi) is 6.64. The van der Waals surface area contributed by atoms with Gasteiger partial charge in [0, 0.05) is 12.6 Å². The zero-order valence-corrected chi connectivity index (χ0v) is 14.0. The van der Waals surface area contributed by atoms with Gasteiger partial charge in [0.2, 0.25) is 10.0 Å². The Bertz CT molecular complexity index is 556. The minimum absolute atomic E-state index is 0.177. The highest BCUT2D eigenvalue weighted by Crippen LogP contribution is 2.21. The Morgan fingerprint density at radius 1 is 1.33 bits per heavy atom. The van der Waals surface area contributed by atoms with Gasteiger partial charge in [-0.15, -0.1) is 0 Å². The maximum Gasteiger partial charge on any atom is 0.240 e. The molecule has 5 nitrogen and oxygen atoms in total. The standard InChI is InChI=1S/C15H26N2O3S/c1-5-20-15-7-6-14(9-12(15)4)21(18,19)17-10-13(16)8-11(2)3/h6-7,9,11,13,17H,5,8,10,16H2,1-4H3. The van der Waals surface area contributed by atoms with Crippen LogP contribution in [0.5, 0.6) is 5.75 Å². The average molecular weight is 314 g/mol. The second kappa shape index (κ2) is 7.77. The molecule has 0 aliphatic rings. The lowest BCUT2D eigenvalue weighted by Gasteiger charge is -2.15. The SMILES string of the molecule is CCOc1ccc(S(=O)(=O)NCC(N)CC(C)C)cc1C. The molecule has 0 radical (unpaired) electrons. The van der Waals surface area contributed by atoms with Gasteiger partial charge in [0.1, 0.15) is 5.75 Å². The molecule has 1 rings (SSSR count). The first kappa shape index (κ1) is 17.9. The molecule has 0 amide bonds. The number of benzene rings is 1. The molecule has 0 aliphatic carbocycles. The van der Waals surface area contributed by atoms with Gasteiger partial charge in [0.25, 0.3) is 0 Å². The third kappa shape index (κ3) is 5.65. The van der Waals surface area contributed by atoms with Crippen LogP contribution >= 0.6 is 0 Å². The summed E-state index contributed by atoms with van der Waals surface area (Å²) >= 11 is 0. The van der Waals surface area contributed by atoms with Crippen molar-refractivity contribution in [3.8, 4) is 5.75 Å². The number of nitrogens with two attached hydrogens (primary N) is 1. The van der Waals surface area contributed by atoms with E-state index in [4.69, 9.17) is 10.5 Å². The Labute approximate surface area is 127 Å². The molecule has 0 aliphatic heterocycles. The number of nitrogens with one attached hydrogen (secondary N) is 1. The van der Waals surface area contributed by atoms with E-state index < -0.39 is 10.0 Å². The second-order valence-corrected chi connectivity index (χ2v) is 7.37. The van der Waals surface area contributed by atoms with Crippen molar-refractivity contribution in [1.29, 1.82) is 0 Å². The van der Waals surface area contributed by atoms with E-state index in [9.17, 15) is 8.42 Å². The van der Waals surface area contributed by atoms with Gasteiger partial charge in [-0.25, -0.2) is 13.1 Å². The van der Waals surface area contributed by atoms with E-state index in [0.717, 1.165) is 12.0 Å². The van der Waals surface area contributed by atoms with Crippen molar-refractivity contribution >= 4 is 10.0 Å². The van der Waals surface area contributed by atoms with Crippen molar-refractivity contribution in [2.24, 2.45) is 11.7 Å². The zero-order valence-electron chi connectivity index (χ0n) is 13.2. The van der Waals surface area contributed by atoms with E-state index >= 15 is 0 Å². The van der Waals surface area contributed by atoms with Crippen LogP contribution in [0.15, 0.2) is 23.1 Å². The van der Waals surface area contributed by atoms with E-state index in [2.05, 4.69) is 18.6 Å². The molecule has 0 aromatic heterocycles. The Morgan fingerprint density at radius 2 is 2.00 bits per heavy atom. The lowest BCUT2D eigenvalue weighted by atomic mass is 10.1. The van der Waals surface area contributed by atoms with Crippen LogP contribution in [0.2, 0.25) is 0 Å². The average Bonchev–Trinajstić information content (AvgIpc) is 2.38. The van der Waals surface area contributed by atoms with E-state index in [-0.39, 0.29) is 17.5 Å². The van der Waals surface area contributed by atoms with E-state index in [1.54, 1.807) is 18.2 Å². The highest BCUT2D eigenvalue weighted by Gasteiger charge is 2.17. The lowest BCUT2D eigenvalue weighted by molar-refractivity contribution is 0.337.